The van der Waals surface area contributed by atoms with Crippen LogP contribution in [0.25, 0.3) is 0 Å². The molecule has 0 N–H and O–H groups in total. The Bertz CT molecular complexity index is 341. The van der Waals surface area contributed by atoms with Crippen LogP contribution in [0.4, 0.5) is 0 Å². The quantitative estimate of drug-likeness (QED) is 0.739. The van der Waals surface area contributed by atoms with Gasteiger partial charge in [0.25, 0.3) is 0 Å². The van der Waals surface area contributed by atoms with Crippen LogP contribution in [0.3, 0.4) is 0 Å². The largest absolute Gasteiger partial charge is 0.292 e. The zero-order valence-corrected chi connectivity index (χ0v) is 9.08. The fourth-order valence-electron chi connectivity index (χ4n) is 1.46. The number of carbonyl (C=O) groups excluding carboxylic acids is 1. The summed E-state index contributed by atoms with van der Waals surface area (Å²) in [6.45, 7) is 2.08. The van der Waals surface area contributed by atoms with E-state index < -0.39 is 0 Å². The lowest BCUT2D eigenvalue weighted by Gasteiger charge is -1.98. The molecule has 0 spiro atoms. The van der Waals surface area contributed by atoms with Crippen molar-refractivity contribution >= 4 is 21.7 Å². The molecule has 0 saturated heterocycles. The number of nitrogens with zero attached hydrogens (tertiary/aromatic N) is 3. The maximum absolute atomic E-state index is 11.8. The number of aryl methyl sites for hydroxylation is 1. The number of Topliss-reactive ketones (excluding diaryl/α,β-unsaturated/α-hetero) is 1. The summed E-state index contributed by atoms with van der Waals surface area (Å²) in [5.41, 5.74) is 0.592. The first-order chi connectivity index (χ1) is 6.11. The van der Waals surface area contributed by atoms with Crippen LogP contribution in [0.15, 0.2) is 4.60 Å². The average molecular weight is 244 g/mol. The lowest BCUT2D eigenvalue weighted by molar-refractivity contribution is 0.0952. The van der Waals surface area contributed by atoms with Gasteiger partial charge in [-0.3, -0.25) is 4.79 Å². The predicted octanol–water partition coefficient (Wildman–Crippen LogP) is 1.42. The second-order valence-corrected chi connectivity index (χ2v) is 4.29. The van der Waals surface area contributed by atoms with Crippen molar-refractivity contribution < 1.29 is 4.79 Å². The van der Waals surface area contributed by atoms with E-state index in [4.69, 9.17) is 0 Å². The number of carbonyl (C=O) groups is 1. The summed E-state index contributed by atoms with van der Waals surface area (Å²) in [6, 6.07) is 0. The minimum absolute atomic E-state index is 0.159. The third-order valence-corrected chi connectivity index (χ3v) is 3.00. The molecule has 1 aliphatic carbocycles. The Morgan fingerprint density at radius 1 is 1.69 bits per heavy atom. The molecule has 5 heteroatoms. The topological polar surface area (TPSA) is 47.8 Å². The first-order valence-electron chi connectivity index (χ1n) is 4.20. The van der Waals surface area contributed by atoms with Gasteiger partial charge in [-0.25, -0.2) is 4.68 Å². The van der Waals surface area contributed by atoms with Gasteiger partial charge >= 0.3 is 0 Å². The van der Waals surface area contributed by atoms with E-state index in [1.807, 2.05) is 0 Å². The third-order valence-electron chi connectivity index (χ3n) is 2.47. The van der Waals surface area contributed by atoms with Gasteiger partial charge in [0.1, 0.15) is 5.69 Å². The molecule has 2 atom stereocenters. The summed E-state index contributed by atoms with van der Waals surface area (Å²) in [4.78, 5) is 11.8. The molecule has 1 fully saturated rings. The lowest BCUT2D eigenvalue weighted by atomic mass is 10.2. The maximum Gasteiger partial charge on any atom is 0.187 e. The maximum atomic E-state index is 11.8. The van der Waals surface area contributed by atoms with Crippen LogP contribution >= 0.6 is 15.9 Å². The van der Waals surface area contributed by atoms with Crippen LogP contribution in [0, 0.1) is 11.8 Å². The van der Waals surface area contributed by atoms with E-state index in [0.717, 1.165) is 6.42 Å². The number of ketones is 1. The van der Waals surface area contributed by atoms with Crippen LogP contribution in [0.2, 0.25) is 0 Å². The van der Waals surface area contributed by atoms with Crippen LogP contribution < -0.4 is 0 Å². The SMILES string of the molecule is CC1CC1C(=O)c1c(Br)nnn1C. The molecule has 0 amide bonds. The van der Waals surface area contributed by atoms with E-state index >= 15 is 0 Å². The highest BCUT2D eigenvalue weighted by Gasteiger charge is 2.41. The minimum Gasteiger partial charge on any atom is -0.292 e. The van der Waals surface area contributed by atoms with Crippen LogP contribution in [-0.4, -0.2) is 20.8 Å². The average Bonchev–Trinajstić information content (AvgIpc) is 2.70. The molecule has 1 aromatic rings. The van der Waals surface area contributed by atoms with Crippen molar-refractivity contribution in [2.24, 2.45) is 18.9 Å². The first-order valence-corrected chi connectivity index (χ1v) is 5.00. The van der Waals surface area contributed by atoms with E-state index in [-0.39, 0.29) is 11.7 Å². The molecule has 13 heavy (non-hydrogen) atoms. The number of rotatable bonds is 2. The molecule has 1 saturated carbocycles. The summed E-state index contributed by atoms with van der Waals surface area (Å²) in [7, 11) is 1.73. The van der Waals surface area contributed by atoms with Crippen molar-refractivity contribution in [1.29, 1.82) is 0 Å². The van der Waals surface area contributed by atoms with Crippen molar-refractivity contribution in [3.8, 4) is 0 Å². The van der Waals surface area contributed by atoms with E-state index in [0.29, 0.717) is 16.2 Å². The third kappa shape index (κ3) is 1.41. The van der Waals surface area contributed by atoms with Gasteiger partial charge in [0, 0.05) is 13.0 Å². The standard InChI is InChI=1S/C8H10BrN3O/c1-4-3-5(4)7(13)6-8(9)10-11-12(6)2/h4-5H,3H2,1-2H3. The summed E-state index contributed by atoms with van der Waals surface area (Å²) in [5, 5.41) is 7.55. The Hall–Kier alpha value is -0.710. The second-order valence-electron chi connectivity index (χ2n) is 3.54. The van der Waals surface area contributed by atoms with E-state index in [1.54, 1.807) is 7.05 Å². The Morgan fingerprint density at radius 3 is 2.69 bits per heavy atom. The van der Waals surface area contributed by atoms with E-state index in [9.17, 15) is 4.79 Å². The van der Waals surface area contributed by atoms with Crippen molar-refractivity contribution in [2.45, 2.75) is 13.3 Å². The van der Waals surface area contributed by atoms with Gasteiger partial charge in [0.05, 0.1) is 0 Å². The highest BCUT2D eigenvalue weighted by Crippen LogP contribution is 2.40. The molecule has 1 aliphatic rings. The highest BCUT2D eigenvalue weighted by atomic mass is 79.9. The van der Waals surface area contributed by atoms with E-state index in [2.05, 4.69) is 33.2 Å². The van der Waals surface area contributed by atoms with Crippen molar-refractivity contribution in [2.75, 3.05) is 0 Å². The predicted molar refractivity (Wildman–Crippen MR) is 50.3 cm³/mol. The summed E-state index contributed by atoms with van der Waals surface area (Å²) >= 11 is 3.22. The second kappa shape index (κ2) is 2.90. The summed E-state index contributed by atoms with van der Waals surface area (Å²) in [6.07, 6.45) is 0.996. The molecular formula is C8H10BrN3O. The van der Waals surface area contributed by atoms with E-state index in [1.165, 1.54) is 4.68 Å². The van der Waals surface area contributed by atoms with Crippen LogP contribution in [0.5, 0.6) is 0 Å². The van der Waals surface area contributed by atoms with Gasteiger partial charge in [-0.15, -0.1) is 5.10 Å². The molecular weight excluding hydrogens is 234 g/mol. The molecule has 4 nitrogen and oxygen atoms in total. The minimum atomic E-state index is 0.159. The van der Waals surface area contributed by atoms with Crippen molar-refractivity contribution in [3.05, 3.63) is 10.3 Å². The van der Waals surface area contributed by atoms with Gasteiger partial charge in [-0.05, 0) is 28.3 Å². The van der Waals surface area contributed by atoms with Gasteiger partial charge in [-0.2, -0.15) is 0 Å². The Balaban J connectivity index is 2.29. The lowest BCUT2D eigenvalue weighted by Crippen LogP contribution is -2.10. The number of halogens is 1. The molecule has 2 rings (SSSR count). The smallest absolute Gasteiger partial charge is 0.187 e. The number of aromatic nitrogens is 3. The van der Waals surface area contributed by atoms with Crippen LogP contribution in [-0.2, 0) is 7.05 Å². The molecule has 1 aromatic heterocycles. The zero-order chi connectivity index (χ0) is 9.59. The van der Waals surface area contributed by atoms with Gasteiger partial charge < -0.3 is 0 Å². The van der Waals surface area contributed by atoms with Crippen molar-refractivity contribution in [1.82, 2.24) is 15.0 Å². The molecule has 0 aromatic carbocycles. The van der Waals surface area contributed by atoms with Gasteiger partial charge in [0.2, 0.25) is 0 Å². The fourth-order valence-corrected chi connectivity index (χ4v) is 1.98. The van der Waals surface area contributed by atoms with Crippen LogP contribution in [0.1, 0.15) is 23.8 Å². The highest BCUT2D eigenvalue weighted by molar-refractivity contribution is 9.10. The number of hydrogen-bond acceptors (Lipinski definition) is 3. The van der Waals surface area contributed by atoms with Crippen molar-refractivity contribution in [3.63, 3.8) is 0 Å². The molecule has 70 valence electrons. The van der Waals surface area contributed by atoms with Gasteiger partial charge in [0.15, 0.2) is 10.4 Å². The monoisotopic (exact) mass is 243 g/mol. The summed E-state index contributed by atoms with van der Waals surface area (Å²) in [5.74, 6) is 0.870. The normalized spacial score (nSPS) is 26.1. The Kier molecular flexibility index (Phi) is 1.98. The molecule has 0 aliphatic heterocycles. The molecule has 1 heterocycles. The summed E-state index contributed by atoms with van der Waals surface area (Å²) < 4.78 is 2.08. The Labute approximate surface area is 84.4 Å². The first kappa shape index (κ1) is 8.87. The molecule has 2 unspecified atom stereocenters. The molecule has 0 bridgehead atoms. The Morgan fingerprint density at radius 2 is 2.31 bits per heavy atom. The number of hydrogen-bond donors (Lipinski definition) is 0. The fraction of sp³-hybridized carbons (Fsp3) is 0.625. The molecule has 0 radical (unpaired) electrons. The van der Waals surface area contributed by atoms with Gasteiger partial charge in [-0.1, -0.05) is 12.1 Å². The zero-order valence-electron chi connectivity index (χ0n) is 7.49.